The number of nitrogens with two attached hydrogens (primary N) is 1. The fourth-order valence-electron chi connectivity index (χ4n) is 3.79. The Kier molecular flexibility index (Phi) is 6.44. The molecule has 2 heterocycles. The van der Waals surface area contributed by atoms with Crippen LogP contribution in [0.4, 0.5) is 10.1 Å². The van der Waals surface area contributed by atoms with E-state index in [-0.39, 0.29) is 17.4 Å². The van der Waals surface area contributed by atoms with Gasteiger partial charge in [-0.1, -0.05) is 23.7 Å². The van der Waals surface area contributed by atoms with E-state index in [1.54, 1.807) is 45.0 Å². The van der Waals surface area contributed by atoms with Crippen LogP contribution in [0.5, 0.6) is 0 Å². The molecule has 4 N–H and O–H groups in total. The number of carbonyl (C=O) groups excluding carboxylic acids is 1. The largest absolute Gasteiger partial charge is 0.382 e. The van der Waals surface area contributed by atoms with Gasteiger partial charge in [0.2, 0.25) is 5.91 Å². The topological polar surface area (TPSA) is 114 Å². The predicted molar refractivity (Wildman–Crippen MR) is 135 cm³/mol. The number of nitrogens with zero attached hydrogens (tertiary/aromatic N) is 3. The first-order chi connectivity index (χ1) is 16.5. The SMILES string of the molecule is Cc1nc2cc(F)c(-c3cnc(C(C)(C)O)nc3)cc2c(N[C@H](C)c2cccc(C(N)=O)c2)c1Cl. The highest BCUT2D eigenvalue weighted by atomic mass is 35.5. The Bertz CT molecular complexity index is 1430. The van der Waals surface area contributed by atoms with Crippen LogP contribution in [0.15, 0.2) is 48.8 Å². The van der Waals surface area contributed by atoms with E-state index < -0.39 is 17.3 Å². The van der Waals surface area contributed by atoms with Gasteiger partial charge in [0.25, 0.3) is 0 Å². The van der Waals surface area contributed by atoms with Crippen LogP contribution in [0, 0.1) is 12.7 Å². The summed E-state index contributed by atoms with van der Waals surface area (Å²) in [5, 5.41) is 14.5. The number of nitrogens with one attached hydrogen (secondary N) is 1. The molecular formula is C26H25ClFN5O2. The number of fused-ring (bicyclic) bond motifs is 1. The van der Waals surface area contributed by atoms with Gasteiger partial charge >= 0.3 is 0 Å². The lowest BCUT2D eigenvalue weighted by molar-refractivity contribution is 0.0687. The van der Waals surface area contributed by atoms with Crippen molar-refractivity contribution in [1.29, 1.82) is 0 Å². The fraction of sp³-hybridized carbons (Fsp3) is 0.231. The second-order valence-electron chi connectivity index (χ2n) is 8.95. The molecule has 0 aliphatic carbocycles. The average molecular weight is 494 g/mol. The Morgan fingerprint density at radius 3 is 2.51 bits per heavy atom. The summed E-state index contributed by atoms with van der Waals surface area (Å²) >= 11 is 6.65. The zero-order chi connectivity index (χ0) is 25.5. The molecule has 1 amide bonds. The molecule has 4 aromatic rings. The number of hydrogen-bond acceptors (Lipinski definition) is 6. The zero-order valence-electron chi connectivity index (χ0n) is 19.7. The first-order valence-corrected chi connectivity index (χ1v) is 11.3. The number of aliphatic hydroxyl groups is 1. The monoisotopic (exact) mass is 493 g/mol. The molecule has 2 aromatic carbocycles. The van der Waals surface area contributed by atoms with Crippen LogP contribution >= 0.6 is 11.6 Å². The van der Waals surface area contributed by atoms with Crippen molar-refractivity contribution in [2.45, 2.75) is 39.3 Å². The summed E-state index contributed by atoms with van der Waals surface area (Å²) in [5.74, 6) is -0.767. The molecule has 0 fully saturated rings. The predicted octanol–water partition coefficient (Wildman–Crippen LogP) is 5.29. The molecule has 0 unspecified atom stereocenters. The lowest BCUT2D eigenvalue weighted by atomic mass is 10.0. The van der Waals surface area contributed by atoms with Gasteiger partial charge in [-0.15, -0.1) is 0 Å². The van der Waals surface area contributed by atoms with Crippen LogP contribution in [-0.2, 0) is 5.60 Å². The maximum atomic E-state index is 15.1. The van der Waals surface area contributed by atoms with Gasteiger partial charge in [0, 0.05) is 46.6 Å². The molecule has 2 aromatic heterocycles. The number of hydrogen-bond donors (Lipinski definition) is 3. The Balaban J connectivity index is 1.81. The molecule has 180 valence electrons. The second kappa shape index (κ2) is 9.20. The van der Waals surface area contributed by atoms with Gasteiger partial charge in [-0.3, -0.25) is 9.78 Å². The summed E-state index contributed by atoms with van der Waals surface area (Å²) in [5.41, 5.74) is 7.72. The van der Waals surface area contributed by atoms with Crippen LogP contribution in [0.3, 0.4) is 0 Å². The third-order valence-electron chi connectivity index (χ3n) is 5.72. The van der Waals surface area contributed by atoms with Crippen molar-refractivity contribution in [3.8, 4) is 11.1 Å². The van der Waals surface area contributed by atoms with Crippen LogP contribution in [0.1, 0.15) is 54.3 Å². The number of anilines is 1. The van der Waals surface area contributed by atoms with E-state index in [2.05, 4.69) is 20.3 Å². The molecule has 9 heteroatoms. The molecule has 0 radical (unpaired) electrons. The average Bonchev–Trinajstić information content (AvgIpc) is 2.81. The minimum Gasteiger partial charge on any atom is -0.382 e. The van der Waals surface area contributed by atoms with Gasteiger partial charge in [-0.05, 0) is 51.5 Å². The van der Waals surface area contributed by atoms with Crippen molar-refractivity contribution in [3.05, 3.63) is 82.3 Å². The number of halogens is 2. The smallest absolute Gasteiger partial charge is 0.248 e. The lowest BCUT2D eigenvalue weighted by Gasteiger charge is -2.20. The van der Waals surface area contributed by atoms with E-state index >= 15 is 4.39 Å². The number of benzene rings is 2. The molecule has 0 saturated heterocycles. The molecule has 0 aliphatic heterocycles. The molecule has 0 saturated carbocycles. The van der Waals surface area contributed by atoms with Crippen molar-refractivity contribution in [3.63, 3.8) is 0 Å². The van der Waals surface area contributed by atoms with Gasteiger partial charge in [-0.2, -0.15) is 0 Å². The van der Waals surface area contributed by atoms with E-state index in [1.165, 1.54) is 18.5 Å². The first-order valence-electron chi connectivity index (χ1n) is 11.0. The highest BCUT2D eigenvalue weighted by molar-refractivity contribution is 6.35. The number of amides is 1. The number of aromatic nitrogens is 3. The third kappa shape index (κ3) is 4.94. The molecule has 0 spiro atoms. The summed E-state index contributed by atoms with van der Waals surface area (Å²) < 4.78 is 15.1. The van der Waals surface area contributed by atoms with Gasteiger partial charge < -0.3 is 16.2 Å². The summed E-state index contributed by atoms with van der Waals surface area (Å²) in [6.45, 7) is 6.83. The molecule has 1 atom stereocenters. The maximum Gasteiger partial charge on any atom is 0.248 e. The Morgan fingerprint density at radius 1 is 1.20 bits per heavy atom. The van der Waals surface area contributed by atoms with Gasteiger partial charge in [0.05, 0.1) is 21.9 Å². The second-order valence-corrected chi connectivity index (χ2v) is 9.32. The van der Waals surface area contributed by atoms with Crippen molar-refractivity contribution in [2.24, 2.45) is 5.73 Å². The summed E-state index contributed by atoms with van der Waals surface area (Å²) in [6.07, 6.45) is 2.94. The third-order valence-corrected chi connectivity index (χ3v) is 6.18. The van der Waals surface area contributed by atoms with Crippen LogP contribution in [-0.4, -0.2) is 26.0 Å². The summed E-state index contributed by atoms with van der Waals surface area (Å²) in [4.78, 5) is 24.4. The summed E-state index contributed by atoms with van der Waals surface area (Å²) in [6, 6.07) is 9.76. The molecule has 0 aliphatic rings. The number of carbonyl (C=O) groups is 1. The Morgan fingerprint density at radius 2 is 1.89 bits per heavy atom. The standard InChI is InChI=1S/C26H25ClFN5O2/c1-13(15-6-5-7-16(8-15)24(29)34)33-23-19-9-18(17-11-30-25(31-12-17)26(3,4)35)20(28)10-21(19)32-14(2)22(23)27/h5-13,35H,1-4H3,(H2,29,34)(H,32,33)/t13-/m1/s1. The van der Waals surface area contributed by atoms with E-state index in [1.807, 2.05) is 13.0 Å². The Hall–Kier alpha value is -3.62. The molecule has 4 rings (SSSR count). The number of aryl methyl sites for hydroxylation is 1. The number of rotatable bonds is 6. The van der Waals surface area contributed by atoms with E-state index in [4.69, 9.17) is 17.3 Å². The maximum absolute atomic E-state index is 15.1. The van der Waals surface area contributed by atoms with Crippen molar-refractivity contribution in [2.75, 3.05) is 5.32 Å². The minimum absolute atomic E-state index is 0.233. The van der Waals surface area contributed by atoms with Crippen molar-refractivity contribution in [1.82, 2.24) is 15.0 Å². The normalized spacial score (nSPS) is 12.5. The molecule has 0 bridgehead atoms. The minimum atomic E-state index is -1.21. The molecule has 35 heavy (non-hydrogen) atoms. The summed E-state index contributed by atoms with van der Waals surface area (Å²) in [7, 11) is 0. The highest BCUT2D eigenvalue weighted by Crippen LogP contribution is 2.38. The van der Waals surface area contributed by atoms with Crippen LogP contribution in [0.25, 0.3) is 22.0 Å². The van der Waals surface area contributed by atoms with Crippen molar-refractivity contribution < 1.29 is 14.3 Å². The number of primary amides is 1. The van der Waals surface area contributed by atoms with E-state index in [0.29, 0.717) is 38.4 Å². The molecular weight excluding hydrogens is 469 g/mol. The first kappa shape index (κ1) is 24.5. The Labute approximate surface area is 207 Å². The number of pyridine rings is 1. The van der Waals surface area contributed by atoms with Crippen molar-refractivity contribution >= 4 is 34.1 Å². The van der Waals surface area contributed by atoms with Crippen LogP contribution in [0.2, 0.25) is 5.02 Å². The van der Waals surface area contributed by atoms with Gasteiger partial charge in [-0.25, -0.2) is 14.4 Å². The molecule has 7 nitrogen and oxygen atoms in total. The fourth-order valence-corrected chi connectivity index (χ4v) is 3.99. The zero-order valence-corrected chi connectivity index (χ0v) is 20.5. The highest BCUT2D eigenvalue weighted by Gasteiger charge is 2.21. The van der Waals surface area contributed by atoms with E-state index in [0.717, 1.165) is 5.56 Å². The van der Waals surface area contributed by atoms with Crippen LogP contribution < -0.4 is 11.1 Å². The quantitative estimate of drug-likeness (QED) is 0.336. The van der Waals surface area contributed by atoms with E-state index in [9.17, 15) is 9.90 Å². The van der Waals surface area contributed by atoms with Gasteiger partial charge in [0.1, 0.15) is 11.4 Å². The lowest BCUT2D eigenvalue weighted by Crippen LogP contribution is -2.19. The van der Waals surface area contributed by atoms with Gasteiger partial charge in [0.15, 0.2) is 5.82 Å².